The fraction of sp³-hybridized carbons (Fsp3) is 0.609. The first-order valence-electron chi connectivity index (χ1n) is 11.3. The molecule has 2 bridgehead atoms. The first-order valence-corrected chi connectivity index (χ1v) is 11.3. The zero-order valence-electron chi connectivity index (χ0n) is 17.2. The highest BCUT2D eigenvalue weighted by Crippen LogP contribution is 2.38. The number of nitrogens with two attached hydrogens (primary N) is 1. The number of fused-ring (bicyclic) bond motifs is 3. The van der Waals surface area contributed by atoms with Gasteiger partial charge in [0.2, 0.25) is 11.8 Å². The molecule has 1 aromatic carbocycles. The number of carbonyl (C=O) groups excluding carboxylic acids is 3. The third kappa shape index (κ3) is 3.60. The Morgan fingerprint density at radius 1 is 1.03 bits per heavy atom. The van der Waals surface area contributed by atoms with Crippen molar-refractivity contribution >= 4 is 23.4 Å². The van der Waals surface area contributed by atoms with Crippen molar-refractivity contribution in [3.8, 4) is 0 Å². The average Bonchev–Trinajstić information content (AvgIpc) is 3.23. The third-order valence-electron chi connectivity index (χ3n) is 7.44. The predicted molar refractivity (Wildman–Crippen MR) is 113 cm³/mol. The Morgan fingerprint density at radius 3 is 2.43 bits per heavy atom. The van der Waals surface area contributed by atoms with Crippen molar-refractivity contribution in [2.45, 2.75) is 82.0 Å². The van der Waals surface area contributed by atoms with Gasteiger partial charge in [-0.05, 0) is 75.1 Å². The summed E-state index contributed by atoms with van der Waals surface area (Å²) in [7, 11) is 0. The summed E-state index contributed by atoms with van der Waals surface area (Å²) < 4.78 is 0. The molecule has 5 rings (SSSR count). The molecule has 4 N–H and O–H groups in total. The molecule has 160 valence electrons. The van der Waals surface area contributed by atoms with E-state index in [0.717, 1.165) is 62.6 Å². The lowest BCUT2D eigenvalue weighted by Crippen LogP contribution is -2.54. The Kier molecular flexibility index (Phi) is 5.01. The molecule has 1 unspecified atom stereocenters. The molecule has 4 aliphatic rings. The number of nitrogens with zero attached hydrogens (tertiary/aromatic N) is 1. The van der Waals surface area contributed by atoms with Crippen LogP contribution in [-0.4, -0.2) is 46.8 Å². The summed E-state index contributed by atoms with van der Waals surface area (Å²) in [6, 6.07) is 6.19. The number of benzene rings is 1. The van der Waals surface area contributed by atoms with E-state index in [2.05, 4.69) is 15.5 Å². The Labute approximate surface area is 176 Å². The summed E-state index contributed by atoms with van der Waals surface area (Å²) >= 11 is 0. The molecule has 2 saturated heterocycles. The average molecular weight is 411 g/mol. The Bertz CT molecular complexity index is 863. The topological polar surface area (TPSA) is 105 Å². The van der Waals surface area contributed by atoms with Crippen LogP contribution >= 0.6 is 0 Å². The number of piperidine rings is 1. The van der Waals surface area contributed by atoms with E-state index in [4.69, 9.17) is 5.73 Å². The van der Waals surface area contributed by atoms with Crippen molar-refractivity contribution < 1.29 is 14.4 Å². The highest BCUT2D eigenvalue weighted by Gasteiger charge is 2.45. The van der Waals surface area contributed by atoms with Gasteiger partial charge in [-0.25, -0.2) is 0 Å². The molecule has 3 atom stereocenters. The van der Waals surface area contributed by atoms with Gasteiger partial charge >= 0.3 is 0 Å². The minimum absolute atomic E-state index is 0.0314. The van der Waals surface area contributed by atoms with Crippen LogP contribution in [0.4, 0.5) is 5.69 Å². The molecule has 3 amide bonds. The van der Waals surface area contributed by atoms with Gasteiger partial charge in [0.1, 0.15) is 0 Å². The molecule has 0 aromatic heterocycles. The number of hydrogen-bond acceptors (Lipinski definition) is 4. The summed E-state index contributed by atoms with van der Waals surface area (Å²) in [4.78, 5) is 39.7. The fourth-order valence-corrected chi connectivity index (χ4v) is 5.87. The lowest BCUT2D eigenvalue weighted by Gasteiger charge is -2.41. The van der Waals surface area contributed by atoms with Gasteiger partial charge in [-0.15, -0.1) is 0 Å². The van der Waals surface area contributed by atoms with Crippen LogP contribution in [0.3, 0.4) is 0 Å². The molecule has 0 radical (unpaired) electrons. The van der Waals surface area contributed by atoms with E-state index >= 15 is 0 Å². The molecule has 7 heteroatoms. The quantitative estimate of drug-likeness (QED) is 0.708. The monoisotopic (exact) mass is 410 g/mol. The van der Waals surface area contributed by atoms with E-state index in [1.54, 1.807) is 12.1 Å². The molecule has 1 saturated carbocycles. The molecule has 3 fully saturated rings. The van der Waals surface area contributed by atoms with Crippen LogP contribution in [0.15, 0.2) is 18.2 Å². The molecule has 7 nitrogen and oxygen atoms in total. The van der Waals surface area contributed by atoms with Crippen LogP contribution in [0.1, 0.15) is 67.3 Å². The maximum atomic E-state index is 13.2. The minimum atomic E-state index is -0.0948. The van der Waals surface area contributed by atoms with E-state index in [1.807, 2.05) is 6.07 Å². The van der Waals surface area contributed by atoms with Gasteiger partial charge in [-0.3, -0.25) is 14.4 Å². The van der Waals surface area contributed by atoms with Crippen LogP contribution in [0, 0.1) is 5.92 Å². The van der Waals surface area contributed by atoms with Crippen molar-refractivity contribution in [1.82, 2.24) is 10.2 Å². The first-order chi connectivity index (χ1) is 14.5. The van der Waals surface area contributed by atoms with Gasteiger partial charge in [0, 0.05) is 41.3 Å². The van der Waals surface area contributed by atoms with Gasteiger partial charge in [-0.2, -0.15) is 0 Å². The molecule has 3 aliphatic heterocycles. The van der Waals surface area contributed by atoms with Crippen LogP contribution in [0.2, 0.25) is 0 Å². The second kappa shape index (κ2) is 7.69. The van der Waals surface area contributed by atoms with Crippen molar-refractivity contribution in [3.05, 3.63) is 29.3 Å². The second-order valence-corrected chi connectivity index (χ2v) is 9.48. The molecular weight excluding hydrogens is 380 g/mol. The lowest BCUT2D eigenvalue weighted by molar-refractivity contribution is -0.141. The van der Waals surface area contributed by atoms with Crippen LogP contribution < -0.4 is 16.4 Å². The fourth-order valence-electron chi connectivity index (χ4n) is 5.87. The van der Waals surface area contributed by atoms with Crippen LogP contribution in [0.5, 0.6) is 0 Å². The zero-order valence-corrected chi connectivity index (χ0v) is 17.2. The van der Waals surface area contributed by atoms with Gasteiger partial charge in [0.15, 0.2) is 0 Å². The maximum Gasteiger partial charge on any atom is 0.251 e. The Hall–Kier alpha value is -2.41. The smallest absolute Gasteiger partial charge is 0.251 e. The van der Waals surface area contributed by atoms with Crippen LogP contribution in [-0.2, 0) is 16.0 Å². The van der Waals surface area contributed by atoms with E-state index in [0.29, 0.717) is 17.9 Å². The number of hydrogen-bond donors (Lipinski definition) is 3. The van der Waals surface area contributed by atoms with E-state index in [-0.39, 0.29) is 41.9 Å². The van der Waals surface area contributed by atoms with Crippen molar-refractivity contribution in [3.63, 3.8) is 0 Å². The standard InChI is InChI=1S/C23H30N4O3/c24-16-4-1-13(2-5-16)23(30)27-18-6-7-19(27)12-17(11-18)25-22(29)14-3-8-20-15(9-14)10-21(28)26-20/h3,8-9,13,16-19H,1-2,4-7,10-12,24H2,(H,25,29)(H,26,28)/t13?,16?,17?,18-,19+. The number of anilines is 1. The van der Waals surface area contributed by atoms with Crippen molar-refractivity contribution in [1.29, 1.82) is 0 Å². The normalized spacial score (nSPS) is 32.5. The van der Waals surface area contributed by atoms with E-state index in [9.17, 15) is 14.4 Å². The van der Waals surface area contributed by atoms with Gasteiger partial charge in [-0.1, -0.05) is 0 Å². The number of amides is 3. The molecule has 1 aromatic rings. The third-order valence-corrected chi connectivity index (χ3v) is 7.44. The Morgan fingerprint density at radius 2 is 1.73 bits per heavy atom. The van der Waals surface area contributed by atoms with Crippen LogP contribution in [0.25, 0.3) is 0 Å². The van der Waals surface area contributed by atoms with Gasteiger partial charge in [0.25, 0.3) is 5.91 Å². The summed E-state index contributed by atoms with van der Waals surface area (Å²) in [6.45, 7) is 0. The second-order valence-electron chi connectivity index (χ2n) is 9.48. The maximum absolute atomic E-state index is 13.2. The largest absolute Gasteiger partial charge is 0.349 e. The SMILES string of the molecule is NC1CCC(C(=O)N2[C@@H]3CC[C@H]2CC(NC(=O)c2ccc4c(c2)CC(=O)N4)C3)CC1. The van der Waals surface area contributed by atoms with Gasteiger partial charge < -0.3 is 21.3 Å². The summed E-state index contributed by atoms with van der Waals surface area (Å²) in [5, 5.41) is 5.98. The number of rotatable bonds is 3. The summed E-state index contributed by atoms with van der Waals surface area (Å²) in [5.74, 6) is 0.315. The zero-order chi connectivity index (χ0) is 20.8. The van der Waals surface area contributed by atoms with E-state index in [1.165, 1.54) is 0 Å². The number of nitrogens with one attached hydrogen (secondary N) is 2. The molecular formula is C23H30N4O3. The number of carbonyl (C=O) groups is 3. The first kappa shape index (κ1) is 19.5. The molecule has 30 heavy (non-hydrogen) atoms. The van der Waals surface area contributed by atoms with Gasteiger partial charge in [0.05, 0.1) is 6.42 Å². The Balaban J connectivity index is 1.21. The summed E-state index contributed by atoms with van der Waals surface area (Å²) in [5.41, 5.74) is 8.27. The molecule has 1 aliphatic carbocycles. The highest BCUT2D eigenvalue weighted by molar-refractivity contribution is 6.01. The molecule has 3 heterocycles. The highest BCUT2D eigenvalue weighted by atomic mass is 16.2. The summed E-state index contributed by atoms with van der Waals surface area (Å²) in [6.07, 6.45) is 7.74. The van der Waals surface area contributed by atoms with E-state index < -0.39 is 0 Å². The van der Waals surface area contributed by atoms with Crippen molar-refractivity contribution in [2.24, 2.45) is 11.7 Å². The minimum Gasteiger partial charge on any atom is -0.349 e. The molecule has 0 spiro atoms. The predicted octanol–water partition coefficient (Wildman–Crippen LogP) is 1.95. The van der Waals surface area contributed by atoms with Crippen molar-refractivity contribution in [2.75, 3.05) is 5.32 Å². The lowest BCUT2D eigenvalue weighted by atomic mass is 9.84.